The van der Waals surface area contributed by atoms with Crippen LogP contribution in [0.4, 0.5) is 18.9 Å². The fourth-order valence-electron chi connectivity index (χ4n) is 3.87. The van der Waals surface area contributed by atoms with Crippen molar-refractivity contribution < 1.29 is 22.5 Å². The maximum Gasteiger partial charge on any atom is 0.416 e. The number of carbonyl (C=O) groups is 1. The molecular weight excluding hydrogens is 421 g/mol. The Hall–Kier alpha value is -3.20. The van der Waals surface area contributed by atoms with Gasteiger partial charge < -0.3 is 9.84 Å². The molecule has 168 valence electrons. The Morgan fingerprint density at radius 2 is 2.03 bits per heavy atom. The third-order valence-corrected chi connectivity index (χ3v) is 5.55. The average Bonchev–Trinajstić information content (AvgIpc) is 3.22. The van der Waals surface area contributed by atoms with Crippen LogP contribution in [0.15, 0.2) is 53.1 Å². The van der Waals surface area contributed by atoms with Crippen LogP contribution < -0.4 is 5.32 Å². The number of anilines is 1. The quantitative estimate of drug-likeness (QED) is 0.605. The first-order valence-electron chi connectivity index (χ1n) is 10.4. The van der Waals surface area contributed by atoms with Crippen LogP contribution in [-0.4, -0.2) is 34.0 Å². The van der Waals surface area contributed by atoms with Crippen molar-refractivity contribution in [1.82, 2.24) is 15.0 Å². The van der Waals surface area contributed by atoms with Gasteiger partial charge in [0.25, 0.3) is 0 Å². The van der Waals surface area contributed by atoms with Crippen molar-refractivity contribution in [1.29, 1.82) is 0 Å². The number of aromatic nitrogens is 2. The summed E-state index contributed by atoms with van der Waals surface area (Å²) in [6.07, 6.45) is -3.00. The Labute approximate surface area is 183 Å². The van der Waals surface area contributed by atoms with E-state index in [1.807, 2.05) is 31.2 Å². The normalized spacial score (nSPS) is 17.3. The molecule has 1 amide bonds. The molecule has 3 aromatic rings. The van der Waals surface area contributed by atoms with Gasteiger partial charge in [-0.05, 0) is 50.1 Å². The van der Waals surface area contributed by atoms with E-state index in [1.165, 1.54) is 12.1 Å². The number of amides is 1. The minimum absolute atomic E-state index is 0.140. The highest BCUT2D eigenvalue weighted by Gasteiger charge is 2.31. The number of halogens is 3. The second-order valence-corrected chi connectivity index (χ2v) is 7.97. The standard InChI is InChI=1S/C23H23F3N4O2/c1-15-6-2-3-10-19(15)21-28-20(32-29-21)14-30-11-5-7-16(13-30)22(31)27-18-9-4-8-17(12-18)23(24,25)26/h2-4,6,8-10,12,16H,5,7,11,13-14H2,1H3,(H,27,31). The molecule has 1 aliphatic rings. The lowest BCUT2D eigenvalue weighted by atomic mass is 9.97. The molecule has 32 heavy (non-hydrogen) atoms. The monoisotopic (exact) mass is 444 g/mol. The van der Waals surface area contributed by atoms with Gasteiger partial charge in [0.2, 0.25) is 17.6 Å². The zero-order chi connectivity index (χ0) is 22.7. The zero-order valence-corrected chi connectivity index (χ0v) is 17.5. The van der Waals surface area contributed by atoms with Gasteiger partial charge in [-0.25, -0.2) is 0 Å². The van der Waals surface area contributed by atoms with Gasteiger partial charge in [0.15, 0.2) is 0 Å². The zero-order valence-electron chi connectivity index (χ0n) is 17.5. The molecule has 2 aromatic carbocycles. The molecule has 1 N–H and O–H groups in total. The Morgan fingerprint density at radius 3 is 2.81 bits per heavy atom. The lowest BCUT2D eigenvalue weighted by Gasteiger charge is -2.30. The van der Waals surface area contributed by atoms with Crippen molar-refractivity contribution in [2.45, 2.75) is 32.5 Å². The summed E-state index contributed by atoms with van der Waals surface area (Å²) >= 11 is 0. The number of alkyl halides is 3. The fourth-order valence-corrected chi connectivity index (χ4v) is 3.87. The van der Waals surface area contributed by atoms with Crippen molar-refractivity contribution in [3.05, 3.63) is 65.5 Å². The highest BCUT2D eigenvalue weighted by atomic mass is 19.4. The number of hydrogen-bond donors (Lipinski definition) is 1. The lowest BCUT2D eigenvalue weighted by Crippen LogP contribution is -2.40. The van der Waals surface area contributed by atoms with Gasteiger partial charge in [-0.15, -0.1) is 0 Å². The van der Waals surface area contributed by atoms with Gasteiger partial charge in [-0.2, -0.15) is 18.2 Å². The Bertz CT molecular complexity index is 1100. The SMILES string of the molecule is Cc1ccccc1-c1noc(CN2CCCC(C(=O)Nc3cccc(C(F)(F)F)c3)C2)n1. The van der Waals surface area contributed by atoms with E-state index in [2.05, 4.69) is 20.4 Å². The molecule has 2 heterocycles. The molecule has 6 nitrogen and oxygen atoms in total. The molecular formula is C23H23F3N4O2. The summed E-state index contributed by atoms with van der Waals surface area (Å²) in [6.45, 7) is 3.62. The van der Waals surface area contributed by atoms with E-state index in [0.29, 0.717) is 31.2 Å². The Kier molecular flexibility index (Phi) is 6.27. The van der Waals surface area contributed by atoms with Crippen molar-refractivity contribution in [2.24, 2.45) is 5.92 Å². The third kappa shape index (κ3) is 5.16. The number of nitrogens with one attached hydrogen (secondary N) is 1. The number of hydrogen-bond acceptors (Lipinski definition) is 5. The van der Waals surface area contributed by atoms with Gasteiger partial charge in [0, 0.05) is 17.8 Å². The summed E-state index contributed by atoms with van der Waals surface area (Å²) in [7, 11) is 0. The van der Waals surface area contributed by atoms with Gasteiger partial charge in [0.05, 0.1) is 18.0 Å². The second kappa shape index (κ2) is 9.12. The fraction of sp³-hybridized carbons (Fsp3) is 0.348. The highest BCUT2D eigenvalue weighted by molar-refractivity contribution is 5.92. The van der Waals surface area contributed by atoms with Crippen LogP contribution in [0, 0.1) is 12.8 Å². The van der Waals surface area contributed by atoms with Gasteiger partial charge in [-0.1, -0.05) is 35.5 Å². The van der Waals surface area contributed by atoms with Crippen molar-refractivity contribution in [3.8, 4) is 11.4 Å². The molecule has 0 bridgehead atoms. The Morgan fingerprint density at radius 1 is 1.22 bits per heavy atom. The molecule has 1 atom stereocenters. The van der Waals surface area contributed by atoms with Crippen LogP contribution in [0.3, 0.4) is 0 Å². The average molecular weight is 444 g/mol. The van der Waals surface area contributed by atoms with E-state index >= 15 is 0 Å². The number of rotatable bonds is 5. The predicted octanol–water partition coefficient (Wildman–Crippen LogP) is 4.91. The molecule has 0 aliphatic carbocycles. The molecule has 0 spiro atoms. The molecule has 1 aromatic heterocycles. The smallest absolute Gasteiger partial charge is 0.338 e. The van der Waals surface area contributed by atoms with Gasteiger partial charge >= 0.3 is 6.18 Å². The molecule has 9 heteroatoms. The number of benzene rings is 2. The topological polar surface area (TPSA) is 71.3 Å². The number of aryl methyl sites for hydroxylation is 1. The van der Waals surface area contributed by atoms with Crippen molar-refractivity contribution >= 4 is 11.6 Å². The number of piperidine rings is 1. The molecule has 0 radical (unpaired) electrons. The van der Waals surface area contributed by atoms with Crippen LogP contribution in [0.5, 0.6) is 0 Å². The van der Waals surface area contributed by atoms with Crippen LogP contribution >= 0.6 is 0 Å². The van der Waals surface area contributed by atoms with Crippen LogP contribution in [0.2, 0.25) is 0 Å². The van der Waals surface area contributed by atoms with E-state index in [9.17, 15) is 18.0 Å². The summed E-state index contributed by atoms with van der Waals surface area (Å²) in [5.41, 5.74) is 1.30. The summed E-state index contributed by atoms with van der Waals surface area (Å²) in [5, 5.41) is 6.69. The maximum absolute atomic E-state index is 12.9. The number of nitrogens with zero attached hydrogens (tertiary/aromatic N) is 3. The largest absolute Gasteiger partial charge is 0.416 e. The second-order valence-electron chi connectivity index (χ2n) is 7.97. The number of carbonyl (C=O) groups excluding carboxylic acids is 1. The molecule has 1 saturated heterocycles. The molecule has 0 saturated carbocycles. The summed E-state index contributed by atoms with van der Waals surface area (Å²) in [4.78, 5) is 19.2. The summed E-state index contributed by atoms with van der Waals surface area (Å²) < 4.78 is 44.1. The Balaban J connectivity index is 1.38. The lowest BCUT2D eigenvalue weighted by molar-refractivity contribution is -0.137. The van der Waals surface area contributed by atoms with Gasteiger partial charge in [0.1, 0.15) is 0 Å². The number of likely N-dealkylation sites (tertiary alicyclic amines) is 1. The molecule has 4 rings (SSSR count). The minimum atomic E-state index is -4.45. The predicted molar refractivity (Wildman–Crippen MR) is 113 cm³/mol. The van der Waals surface area contributed by atoms with Crippen molar-refractivity contribution in [3.63, 3.8) is 0 Å². The summed E-state index contributed by atoms with van der Waals surface area (Å²) in [6, 6.07) is 12.4. The first-order chi connectivity index (χ1) is 15.3. The third-order valence-electron chi connectivity index (χ3n) is 5.55. The molecule has 1 aliphatic heterocycles. The van der Waals surface area contributed by atoms with Crippen LogP contribution in [0.1, 0.15) is 29.9 Å². The molecule has 1 unspecified atom stereocenters. The van der Waals surface area contributed by atoms with Gasteiger partial charge in [-0.3, -0.25) is 9.69 Å². The van der Waals surface area contributed by atoms with Crippen LogP contribution in [0.25, 0.3) is 11.4 Å². The highest BCUT2D eigenvalue weighted by Crippen LogP contribution is 2.31. The van der Waals surface area contributed by atoms with E-state index in [1.54, 1.807) is 0 Å². The van der Waals surface area contributed by atoms with Crippen LogP contribution in [-0.2, 0) is 17.5 Å². The van der Waals surface area contributed by atoms with Crippen molar-refractivity contribution in [2.75, 3.05) is 18.4 Å². The first-order valence-corrected chi connectivity index (χ1v) is 10.4. The van der Waals surface area contributed by atoms with E-state index < -0.39 is 11.7 Å². The maximum atomic E-state index is 12.9. The first kappa shape index (κ1) is 22.0. The minimum Gasteiger partial charge on any atom is -0.338 e. The molecule has 1 fully saturated rings. The van der Waals surface area contributed by atoms with E-state index in [-0.39, 0.29) is 17.5 Å². The summed E-state index contributed by atoms with van der Waals surface area (Å²) in [5.74, 6) is 0.355. The van der Waals surface area contributed by atoms with E-state index in [4.69, 9.17) is 4.52 Å². The van der Waals surface area contributed by atoms with E-state index in [0.717, 1.165) is 36.2 Å².